The van der Waals surface area contributed by atoms with Gasteiger partial charge in [-0.15, -0.1) is 0 Å². The first-order chi connectivity index (χ1) is 20.7. The lowest BCUT2D eigenvalue weighted by atomic mass is 10.0. The number of benzene rings is 2. The summed E-state index contributed by atoms with van der Waals surface area (Å²) in [6.45, 7) is 0.665. The molecular formula is C29H46N2O11P2. The highest BCUT2D eigenvalue weighted by Crippen LogP contribution is 2.40. The SMILES string of the molecule is CCCC(=O)CCCCCC(CN(Cc1cccc(CO)c1O)CP(=O)(O)O)N(Cc1cccc(CO)c1O)CP(=O)(O)O. The number of phenols is 2. The van der Waals surface area contributed by atoms with Crippen molar-refractivity contribution in [1.82, 2.24) is 9.80 Å². The molecule has 0 aliphatic rings. The van der Waals surface area contributed by atoms with Crippen LogP contribution in [0.4, 0.5) is 0 Å². The molecular weight excluding hydrogens is 614 g/mol. The van der Waals surface area contributed by atoms with Gasteiger partial charge in [-0.2, -0.15) is 0 Å². The van der Waals surface area contributed by atoms with E-state index in [2.05, 4.69) is 0 Å². The topological polar surface area (TPSA) is 220 Å². The molecule has 248 valence electrons. The fourth-order valence-corrected chi connectivity index (χ4v) is 6.73. The quantitative estimate of drug-likeness (QED) is 0.0712. The third-order valence-corrected chi connectivity index (χ3v) is 8.77. The van der Waals surface area contributed by atoms with Crippen LogP contribution >= 0.6 is 15.2 Å². The van der Waals surface area contributed by atoms with Crippen molar-refractivity contribution in [3.05, 3.63) is 58.7 Å². The Morgan fingerprint density at radius 1 is 0.750 bits per heavy atom. The zero-order chi connectivity index (χ0) is 32.9. The van der Waals surface area contributed by atoms with Crippen LogP contribution < -0.4 is 0 Å². The van der Waals surface area contributed by atoms with Crippen LogP contribution in [0, 0.1) is 0 Å². The van der Waals surface area contributed by atoms with E-state index < -0.39 is 47.0 Å². The Bertz CT molecular complexity index is 1300. The number of rotatable bonds is 21. The number of nitrogens with zero attached hydrogens (tertiary/aromatic N) is 2. The molecule has 0 amide bonds. The van der Waals surface area contributed by atoms with Crippen molar-refractivity contribution in [3.8, 4) is 11.5 Å². The summed E-state index contributed by atoms with van der Waals surface area (Å²) in [5, 5.41) is 40.5. The normalized spacial score (nSPS) is 13.1. The van der Waals surface area contributed by atoms with E-state index >= 15 is 0 Å². The third kappa shape index (κ3) is 13.5. The number of carbonyl (C=O) groups excluding carboxylic acids is 1. The highest BCUT2D eigenvalue weighted by molar-refractivity contribution is 7.51. The molecule has 2 aromatic rings. The van der Waals surface area contributed by atoms with Crippen LogP contribution in [0.2, 0.25) is 0 Å². The highest BCUT2D eigenvalue weighted by atomic mass is 31.2. The first-order valence-electron chi connectivity index (χ1n) is 14.6. The van der Waals surface area contributed by atoms with E-state index in [0.29, 0.717) is 49.7 Å². The maximum absolute atomic E-state index is 12.3. The second kappa shape index (κ2) is 18.1. The number of Topliss-reactive ketones (excluding diaryl/α,β-unsaturated/α-hetero) is 1. The summed E-state index contributed by atoms with van der Waals surface area (Å²) in [4.78, 5) is 54.6. The maximum Gasteiger partial charge on any atom is 0.339 e. The largest absolute Gasteiger partial charge is 0.507 e. The number of ketones is 1. The second-order valence-corrected chi connectivity index (χ2v) is 14.3. The van der Waals surface area contributed by atoms with Gasteiger partial charge in [0.15, 0.2) is 0 Å². The smallest absolute Gasteiger partial charge is 0.339 e. The summed E-state index contributed by atoms with van der Waals surface area (Å²) in [6, 6.07) is 8.62. The second-order valence-electron chi connectivity index (χ2n) is 11.1. The number of para-hydroxylation sites is 2. The lowest BCUT2D eigenvalue weighted by Crippen LogP contribution is -2.44. The molecule has 1 atom stereocenters. The van der Waals surface area contributed by atoms with Gasteiger partial charge in [-0.1, -0.05) is 56.2 Å². The zero-order valence-electron chi connectivity index (χ0n) is 25.0. The van der Waals surface area contributed by atoms with Gasteiger partial charge >= 0.3 is 15.2 Å². The van der Waals surface area contributed by atoms with Gasteiger partial charge in [-0.3, -0.25) is 23.7 Å². The fourth-order valence-electron chi connectivity index (χ4n) is 5.19. The molecule has 8 N–H and O–H groups in total. The van der Waals surface area contributed by atoms with Gasteiger partial charge in [0.2, 0.25) is 0 Å². The summed E-state index contributed by atoms with van der Waals surface area (Å²) in [5.74, 6) is -0.294. The van der Waals surface area contributed by atoms with E-state index in [1.54, 1.807) is 24.3 Å². The number of aliphatic hydroxyl groups excluding tert-OH is 2. The van der Waals surface area contributed by atoms with Crippen molar-refractivity contribution in [3.63, 3.8) is 0 Å². The van der Waals surface area contributed by atoms with Gasteiger partial charge in [-0.25, -0.2) is 0 Å². The lowest BCUT2D eigenvalue weighted by Gasteiger charge is -2.36. The minimum atomic E-state index is -4.67. The first kappa shape index (κ1) is 38.0. The van der Waals surface area contributed by atoms with E-state index in [1.165, 1.54) is 21.9 Å². The van der Waals surface area contributed by atoms with Crippen molar-refractivity contribution in [2.45, 2.75) is 84.2 Å². The molecule has 0 heterocycles. The number of unbranched alkanes of at least 4 members (excludes halogenated alkanes) is 2. The first-order valence-corrected chi connectivity index (χ1v) is 18.1. The van der Waals surface area contributed by atoms with Gasteiger partial charge in [0.25, 0.3) is 0 Å². The molecule has 0 bridgehead atoms. The molecule has 0 saturated carbocycles. The number of aromatic hydroxyl groups is 2. The van der Waals surface area contributed by atoms with E-state index in [9.17, 15) is 53.9 Å². The molecule has 0 radical (unpaired) electrons. The number of hydrogen-bond acceptors (Lipinski definition) is 9. The van der Waals surface area contributed by atoms with Crippen molar-refractivity contribution < 1.29 is 53.9 Å². The Morgan fingerprint density at radius 2 is 1.27 bits per heavy atom. The van der Waals surface area contributed by atoms with Gasteiger partial charge in [-0.05, 0) is 19.3 Å². The number of hydrogen-bond donors (Lipinski definition) is 8. The minimum absolute atomic E-state index is 0.0802. The molecule has 0 fully saturated rings. The summed E-state index contributed by atoms with van der Waals surface area (Å²) >= 11 is 0. The minimum Gasteiger partial charge on any atom is -0.507 e. The average Bonchev–Trinajstić information content (AvgIpc) is 2.92. The Morgan fingerprint density at radius 3 is 1.77 bits per heavy atom. The Kier molecular flexibility index (Phi) is 15.7. The van der Waals surface area contributed by atoms with Crippen molar-refractivity contribution in [2.24, 2.45) is 0 Å². The summed E-state index contributed by atoms with van der Waals surface area (Å²) in [7, 11) is -9.31. The molecule has 2 aromatic carbocycles. The van der Waals surface area contributed by atoms with E-state index in [-0.39, 0.29) is 48.0 Å². The zero-order valence-corrected chi connectivity index (χ0v) is 26.8. The van der Waals surface area contributed by atoms with E-state index in [1.807, 2.05) is 6.92 Å². The van der Waals surface area contributed by atoms with Crippen LogP contribution in [-0.2, 0) is 40.2 Å². The predicted octanol–water partition coefficient (Wildman–Crippen LogP) is 3.35. The van der Waals surface area contributed by atoms with Crippen LogP contribution in [0.15, 0.2) is 36.4 Å². The number of carbonyl (C=O) groups is 1. The molecule has 0 aliphatic heterocycles. The molecule has 0 saturated heterocycles. The van der Waals surface area contributed by atoms with Crippen molar-refractivity contribution in [2.75, 3.05) is 19.1 Å². The molecule has 1 unspecified atom stereocenters. The summed E-state index contributed by atoms with van der Waals surface area (Å²) in [5.41, 5.74) is 1.06. The van der Waals surface area contributed by atoms with Gasteiger partial charge in [0.05, 0.1) is 13.2 Å². The van der Waals surface area contributed by atoms with E-state index in [0.717, 1.165) is 6.42 Å². The summed E-state index contributed by atoms with van der Waals surface area (Å²) in [6.07, 6.45) is 2.37. The standard InChI is InChI=1S/C29H46N2O11P2/c1-2-8-27(34)14-5-3-4-13-26(31(21-44(40,41)42)16-23-10-7-12-25(19-33)29(23)36)17-30(20-43(37,38)39)15-22-9-6-11-24(18-32)28(22)35/h6-7,9-12,26,32-33,35-36H,2-5,8,13-21H2,1H3,(H2,37,38,39)(H2,40,41,42). The fraction of sp³-hybridized carbons (Fsp3) is 0.552. The molecule has 2 rings (SSSR count). The summed E-state index contributed by atoms with van der Waals surface area (Å²) < 4.78 is 24.5. The lowest BCUT2D eigenvalue weighted by molar-refractivity contribution is -0.119. The molecule has 0 spiro atoms. The van der Waals surface area contributed by atoms with Gasteiger partial charge < -0.3 is 40.0 Å². The molecule has 0 aromatic heterocycles. The highest BCUT2D eigenvalue weighted by Gasteiger charge is 2.31. The molecule has 44 heavy (non-hydrogen) atoms. The van der Waals surface area contributed by atoms with Crippen LogP contribution in [0.1, 0.15) is 74.1 Å². The Balaban J connectivity index is 2.45. The van der Waals surface area contributed by atoms with Gasteiger partial charge in [0, 0.05) is 60.8 Å². The number of aliphatic hydroxyl groups is 2. The average molecular weight is 661 g/mol. The van der Waals surface area contributed by atoms with Crippen molar-refractivity contribution in [1.29, 1.82) is 0 Å². The van der Waals surface area contributed by atoms with Crippen LogP contribution in [0.5, 0.6) is 11.5 Å². The maximum atomic E-state index is 12.3. The molecule has 15 heteroatoms. The van der Waals surface area contributed by atoms with Gasteiger partial charge in [0.1, 0.15) is 29.9 Å². The molecule has 0 aliphatic carbocycles. The monoisotopic (exact) mass is 660 g/mol. The third-order valence-electron chi connectivity index (χ3n) is 7.27. The van der Waals surface area contributed by atoms with Crippen LogP contribution in [0.3, 0.4) is 0 Å². The van der Waals surface area contributed by atoms with E-state index in [4.69, 9.17) is 0 Å². The molecule has 13 nitrogen and oxygen atoms in total. The predicted molar refractivity (Wildman–Crippen MR) is 165 cm³/mol. The Labute approximate surface area is 258 Å². The van der Waals surface area contributed by atoms with Crippen LogP contribution in [-0.4, -0.2) is 80.7 Å². The van der Waals surface area contributed by atoms with Crippen LogP contribution in [0.25, 0.3) is 0 Å². The van der Waals surface area contributed by atoms with Crippen molar-refractivity contribution >= 4 is 21.0 Å². The Hall–Kier alpha value is -2.15.